The normalized spacial score (nSPS) is 21.6. The minimum absolute atomic E-state index is 0.309. The Bertz CT molecular complexity index is 536. The fraction of sp³-hybridized carbons (Fsp3) is 0.200. The van der Waals surface area contributed by atoms with E-state index >= 15 is 0 Å². The van der Waals surface area contributed by atoms with Crippen molar-refractivity contribution in [3.8, 4) is 5.75 Å². The van der Waals surface area contributed by atoms with Crippen LogP contribution in [-0.4, -0.2) is 11.6 Å². The van der Waals surface area contributed by atoms with Crippen molar-refractivity contribution in [1.29, 1.82) is 0 Å². The van der Waals surface area contributed by atoms with Crippen molar-refractivity contribution >= 4 is 24.1 Å². The van der Waals surface area contributed by atoms with Crippen molar-refractivity contribution in [3.63, 3.8) is 0 Å². The van der Waals surface area contributed by atoms with Crippen molar-refractivity contribution in [2.45, 2.75) is 17.2 Å². The van der Waals surface area contributed by atoms with Gasteiger partial charge < -0.3 is 4.84 Å². The van der Waals surface area contributed by atoms with Crippen molar-refractivity contribution in [3.05, 3.63) is 22.7 Å². The molecule has 1 unspecified atom stereocenters. The van der Waals surface area contributed by atoms with Gasteiger partial charge in [-0.3, -0.25) is 4.99 Å². The molecule has 0 bridgehead atoms. The summed E-state index contributed by atoms with van der Waals surface area (Å²) in [6, 6.07) is 3.99. The minimum Gasteiger partial charge on any atom is -0.356 e. The summed E-state index contributed by atoms with van der Waals surface area (Å²) in [7, 11) is 0. The molecule has 0 radical (unpaired) electrons. The number of benzene rings is 1. The zero-order valence-corrected chi connectivity index (χ0v) is 8.41. The molecular weight excluding hydrogens is 196 g/mol. The highest BCUT2D eigenvalue weighted by Crippen LogP contribution is 2.25. The van der Waals surface area contributed by atoms with Crippen LogP contribution in [0.1, 0.15) is 6.92 Å². The summed E-state index contributed by atoms with van der Waals surface area (Å²) < 4.78 is 0. The largest absolute Gasteiger partial charge is 0.356 e. The highest BCUT2D eigenvalue weighted by atomic mass is 32.2. The first-order valence-corrected chi connectivity index (χ1v) is 5.31. The van der Waals surface area contributed by atoms with Gasteiger partial charge in [0.25, 0.3) is 0 Å². The van der Waals surface area contributed by atoms with E-state index < -0.39 is 0 Å². The molecule has 3 rings (SSSR count). The zero-order chi connectivity index (χ0) is 9.54. The molecule has 0 spiro atoms. The number of fused-ring (bicyclic) bond motifs is 3. The molecule has 1 aromatic rings. The monoisotopic (exact) mass is 204 g/mol. The topological polar surface area (TPSA) is 34.0 Å². The molecule has 14 heavy (non-hydrogen) atoms. The Kier molecular flexibility index (Phi) is 1.64. The van der Waals surface area contributed by atoms with Crippen LogP contribution in [0.15, 0.2) is 27.2 Å². The van der Waals surface area contributed by atoms with Gasteiger partial charge in [0.05, 0.1) is 16.9 Å². The van der Waals surface area contributed by atoms with Crippen molar-refractivity contribution in [2.75, 3.05) is 0 Å². The van der Waals surface area contributed by atoms with Crippen LogP contribution < -0.4 is 15.4 Å². The van der Waals surface area contributed by atoms with E-state index in [9.17, 15) is 0 Å². The molecule has 0 aromatic heterocycles. The van der Waals surface area contributed by atoms with Gasteiger partial charge in [0.2, 0.25) is 0 Å². The van der Waals surface area contributed by atoms with Crippen molar-refractivity contribution < 1.29 is 4.84 Å². The first-order chi connectivity index (χ1) is 6.84. The van der Waals surface area contributed by atoms with Gasteiger partial charge >= 0.3 is 0 Å². The highest BCUT2D eigenvalue weighted by molar-refractivity contribution is 8.00. The van der Waals surface area contributed by atoms with E-state index in [-0.39, 0.29) is 0 Å². The van der Waals surface area contributed by atoms with Gasteiger partial charge in [0, 0.05) is 10.1 Å². The van der Waals surface area contributed by atoms with E-state index in [2.05, 4.69) is 17.1 Å². The van der Waals surface area contributed by atoms with E-state index in [4.69, 9.17) is 4.84 Å². The van der Waals surface area contributed by atoms with Crippen molar-refractivity contribution in [1.82, 2.24) is 0 Å². The summed E-state index contributed by atoms with van der Waals surface area (Å²) in [6.45, 7) is 2.09. The number of hydrogen-bond acceptors (Lipinski definition) is 4. The molecular formula is C10H8N2OS. The van der Waals surface area contributed by atoms with Crippen molar-refractivity contribution in [2.24, 2.45) is 10.1 Å². The average Bonchev–Trinajstić information content (AvgIpc) is 2.59. The summed E-state index contributed by atoms with van der Waals surface area (Å²) in [5, 5.41) is 6.14. The lowest BCUT2D eigenvalue weighted by Crippen LogP contribution is -2.28. The summed E-state index contributed by atoms with van der Waals surface area (Å²) in [4.78, 5) is 10.9. The van der Waals surface area contributed by atoms with Gasteiger partial charge in [-0.15, -0.1) is 0 Å². The molecule has 2 aliphatic heterocycles. The molecule has 0 saturated heterocycles. The third-order valence-electron chi connectivity index (χ3n) is 2.20. The van der Waals surface area contributed by atoms with E-state index in [0.29, 0.717) is 5.37 Å². The van der Waals surface area contributed by atoms with E-state index in [1.54, 1.807) is 18.0 Å². The fourth-order valence-corrected chi connectivity index (χ4v) is 2.57. The molecule has 4 heteroatoms. The summed E-state index contributed by atoms with van der Waals surface area (Å²) >= 11 is 1.78. The molecule has 1 aromatic carbocycles. The smallest absolute Gasteiger partial charge is 0.167 e. The van der Waals surface area contributed by atoms with Crippen LogP contribution in [0.5, 0.6) is 5.75 Å². The molecule has 70 valence electrons. The van der Waals surface area contributed by atoms with E-state index in [0.717, 1.165) is 16.3 Å². The van der Waals surface area contributed by atoms with Gasteiger partial charge in [-0.25, -0.2) is 0 Å². The molecule has 2 heterocycles. The lowest BCUT2D eigenvalue weighted by Gasteiger charge is -2.03. The number of hydrogen-bond donors (Lipinski definition) is 0. The molecule has 0 amide bonds. The predicted octanol–water partition coefficient (Wildman–Crippen LogP) is 0.917. The quantitative estimate of drug-likeness (QED) is 0.629. The number of nitrogens with zero attached hydrogens (tertiary/aromatic N) is 2. The first-order valence-electron chi connectivity index (χ1n) is 4.43. The van der Waals surface area contributed by atoms with Gasteiger partial charge in [-0.05, 0) is 25.1 Å². The third kappa shape index (κ3) is 1.07. The summed E-state index contributed by atoms with van der Waals surface area (Å²) in [6.07, 6.45) is 3.60. The molecule has 0 N–H and O–H groups in total. The standard InChI is InChI=1S/C10H8N2OS/c1-6-12-10-7-4-5-11-13-8(7)2-3-9(10)14-6/h2-6H,1H3. The summed E-state index contributed by atoms with van der Waals surface area (Å²) in [5.74, 6) is 0.796. The van der Waals surface area contributed by atoms with Gasteiger partial charge in [-0.2, -0.15) is 0 Å². The SMILES string of the molecule is CC1N=c2c(ccc3c2=CC=NO3)S1. The summed E-state index contributed by atoms with van der Waals surface area (Å²) in [5.41, 5.74) is 0. The molecule has 0 aliphatic carbocycles. The maximum atomic E-state index is 5.15. The third-order valence-corrected chi connectivity index (χ3v) is 3.23. The Balaban J connectivity index is 2.41. The van der Waals surface area contributed by atoms with Crippen LogP contribution in [0, 0.1) is 0 Å². The molecule has 1 atom stereocenters. The maximum absolute atomic E-state index is 5.15. The van der Waals surface area contributed by atoms with Crippen LogP contribution >= 0.6 is 11.8 Å². The zero-order valence-electron chi connectivity index (χ0n) is 7.60. The lowest BCUT2D eigenvalue weighted by molar-refractivity contribution is 0.338. The first kappa shape index (κ1) is 8.05. The lowest BCUT2D eigenvalue weighted by atomic mass is 10.2. The Morgan fingerprint density at radius 1 is 1.43 bits per heavy atom. The minimum atomic E-state index is 0.309. The Morgan fingerprint density at radius 3 is 3.29 bits per heavy atom. The second-order valence-electron chi connectivity index (χ2n) is 3.18. The second kappa shape index (κ2) is 2.85. The van der Waals surface area contributed by atoms with Crippen LogP contribution in [-0.2, 0) is 0 Å². The van der Waals surface area contributed by atoms with Gasteiger partial charge in [0.15, 0.2) is 5.75 Å². The Morgan fingerprint density at radius 2 is 2.36 bits per heavy atom. The second-order valence-corrected chi connectivity index (χ2v) is 4.54. The predicted molar refractivity (Wildman–Crippen MR) is 56.1 cm³/mol. The number of rotatable bonds is 0. The Hall–Kier alpha value is -1.29. The molecule has 3 nitrogen and oxygen atoms in total. The fourth-order valence-electron chi connectivity index (χ4n) is 1.62. The van der Waals surface area contributed by atoms with Gasteiger partial charge in [0.1, 0.15) is 0 Å². The number of oxime groups is 1. The van der Waals surface area contributed by atoms with Crippen LogP contribution in [0.4, 0.5) is 0 Å². The highest BCUT2D eigenvalue weighted by Gasteiger charge is 2.15. The van der Waals surface area contributed by atoms with E-state index in [1.165, 1.54) is 4.90 Å². The average molecular weight is 204 g/mol. The van der Waals surface area contributed by atoms with Gasteiger partial charge in [-0.1, -0.05) is 16.9 Å². The Labute approximate surface area is 85.2 Å². The molecule has 2 aliphatic rings. The maximum Gasteiger partial charge on any atom is 0.167 e. The van der Waals surface area contributed by atoms with Crippen LogP contribution in [0.25, 0.3) is 6.08 Å². The van der Waals surface area contributed by atoms with Crippen LogP contribution in [0.3, 0.4) is 0 Å². The van der Waals surface area contributed by atoms with Crippen LogP contribution in [0.2, 0.25) is 0 Å². The number of thioether (sulfide) groups is 1. The van der Waals surface area contributed by atoms with E-state index in [1.807, 2.05) is 18.2 Å². The molecule has 0 fully saturated rings. The molecule has 0 saturated carbocycles.